The number of carbonyl (C=O) groups excluding carboxylic acids is 1. The van der Waals surface area contributed by atoms with Crippen LogP contribution in [-0.4, -0.2) is 43.8 Å². The lowest BCUT2D eigenvalue weighted by Crippen LogP contribution is -2.62. The Morgan fingerprint density at radius 2 is 1.74 bits per heavy atom. The number of nitrogens with zero attached hydrogens (tertiary/aromatic N) is 1. The van der Waals surface area contributed by atoms with Crippen molar-refractivity contribution in [2.24, 2.45) is 15.8 Å². The van der Waals surface area contributed by atoms with Gasteiger partial charge in [0.25, 0.3) is 0 Å². The zero-order valence-electron chi connectivity index (χ0n) is 17.3. The fourth-order valence-electron chi connectivity index (χ4n) is 4.68. The first-order chi connectivity index (χ1) is 12.6. The molecule has 1 aromatic carbocycles. The van der Waals surface area contributed by atoms with E-state index in [9.17, 15) is 4.79 Å². The van der Waals surface area contributed by atoms with Crippen LogP contribution in [0.3, 0.4) is 0 Å². The Bertz CT molecular complexity index is 744. The number of methoxy groups -OCH3 is 2. The molecule has 3 atom stereocenters. The molecule has 1 heterocycles. The SMILES string of the molecule is COC[C@]1(C)CC[C@]2(OC(=O)[C@](C)(Cc3ccccc3)N=C2OC)C1(C)C. The largest absolute Gasteiger partial charge is 0.481 e. The summed E-state index contributed by atoms with van der Waals surface area (Å²) < 4.78 is 17.5. The Morgan fingerprint density at radius 3 is 2.33 bits per heavy atom. The number of esters is 1. The minimum absolute atomic E-state index is 0.144. The number of carbonyl (C=O) groups is 1. The number of hydrogen-bond donors (Lipinski definition) is 0. The second-order valence-corrected chi connectivity index (χ2v) is 8.89. The van der Waals surface area contributed by atoms with E-state index in [0.717, 1.165) is 12.0 Å². The smallest absolute Gasteiger partial charge is 0.335 e. The van der Waals surface area contributed by atoms with Gasteiger partial charge in [0, 0.05) is 24.4 Å². The Kier molecular flexibility index (Phi) is 4.87. The Hall–Kier alpha value is -1.88. The molecule has 5 nitrogen and oxygen atoms in total. The summed E-state index contributed by atoms with van der Waals surface area (Å²) in [6, 6.07) is 9.89. The van der Waals surface area contributed by atoms with Crippen molar-refractivity contribution in [2.45, 2.75) is 58.1 Å². The van der Waals surface area contributed by atoms with Gasteiger partial charge in [0.2, 0.25) is 5.90 Å². The van der Waals surface area contributed by atoms with Crippen molar-refractivity contribution in [3.63, 3.8) is 0 Å². The molecule has 1 saturated carbocycles. The lowest BCUT2D eigenvalue weighted by Gasteiger charge is -2.50. The molecule has 3 rings (SSSR count). The third-order valence-electron chi connectivity index (χ3n) is 7.00. The highest BCUT2D eigenvalue weighted by Gasteiger charge is 2.68. The van der Waals surface area contributed by atoms with Crippen molar-refractivity contribution in [2.75, 3.05) is 20.8 Å². The molecule has 2 aliphatic rings. The van der Waals surface area contributed by atoms with Crippen LogP contribution in [0.2, 0.25) is 0 Å². The molecule has 1 fully saturated rings. The van der Waals surface area contributed by atoms with E-state index in [0.29, 0.717) is 25.3 Å². The fourth-order valence-corrected chi connectivity index (χ4v) is 4.68. The van der Waals surface area contributed by atoms with Gasteiger partial charge in [0.05, 0.1) is 13.7 Å². The van der Waals surface area contributed by atoms with Gasteiger partial charge in [-0.3, -0.25) is 0 Å². The molecule has 5 heteroatoms. The van der Waals surface area contributed by atoms with Gasteiger partial charge in [-0.05, 0) is 25.3 Å². The van der Waals surface area contributed by atoms with Crippen molar-refractivity contribution in [1.29, 1.82) is 0 Å². The molecular formula is C22H31NO4. The number of benzene rings is 1. The first-order valence-electron chi connectivity index (χ1n) is 9.55. The van der Waals surface area contributed by atoms with Crippen molar-refractivity contribution in [1.82, 2.24) is 0 Å². The van der Waals surface area contributed by atoms with E-state index in [1.165, 1.54) is 0 Å². The van der Waals surface area contributed by atoms with E-state index in [1.54, 1.807) is 14.2 Å². The second kappa shape index (κ2) is 6.62. The van der Waals surface area contributed by atoms with Crippen molar-refractivity contribution >= 4 is 11.9 Å². The van der Waals surface area contributed by atoms with Crippen LogP contribution in [0, 0.1) is 10.8 Å². The van der Waals surface area contributed by atoms with E-state index in [2.05, 4.69) is 20.8 Å². The van der Waals surface area contributed by atoms with Crippen LogP contribution in [0.4, 0.5) is 0 Å². The standard InChI is InChI=1S/C22H31NO4/c1-19(2)20(3,15-25-5)12-13-22(19)17(26-6)23-21(4,18(24)27-22)14-16-10-8-7-9-11-16/h7-11H,12-15H2,1-6H3/t20-,21-,22+/m0/s1. The number of hydrogen-bond acceptors (Lipinski definition) is 5. The average molecular weight is 373 g/mol. The first kappa shape index (κ1) is 19.9. The van der Waals surface area contributed by atoms with Gasteiger partial charge in [-0.2, -0.15) is 0 Å². The molecule has 27 heavy (non-hydrogen) atoms. The minimum atomic E-state index is -0.992. The molecule has 0 N–H and O–H groups in total. The molecule has 1 spiro atoms. The normalized spacial score (nSPS) is 35.0. The van der Waals surface area contributed by atoms with E-state index >= 15 is 0 Å². The van der Waals surface area contributed by atoms with Gasteiger partial charge in [0.15, 0.2) is 11.1 Å². The predicted octanol–water partition coefficient (Wildman–Crippen LogP) is 3.80. The summed E-state index contributed by atoms with van der Waals surface area (Å²) in [7, 11) is 3.33. The van der Waals surface area contributed by atoms with Gasteiger partial charge >= 0.3 is 5.97 Å². The van der Waals surface area contributed by atoms with Gasteiger partial charge in [-0.25, -0.2) is 9.79 Å². The Morgan fingerprint density at radius 1 is 1.07 bits per heavy atom. The highest BCUT2D eigenvalue weighted by Crippen LogP contribution is 2.61. The van der Waals surface area contributed by atoms with E-state index < -0.39 is 11.1 Å². The topological polar surface area (TPSA) is 57.1 Å². The second-order valence-electron chi connectivity index (χ2n) is 8.89. The number of aliphatic imine (C=N–C) groups is 1. The predicted molar refractivity (Wildman–Crippen MR) is 105 cm³/mol. The maximum Gasteiger partial charge on any atom is 0.335 e. The molecule has 0 aromatic heterocycles. The maximum absolute atomic E-state index is 13.2. The highest BCUT2D eigenvalue weighted by molar-refractivity contribution is 5.97. The van der Waals surface area contributed by atoms with E-state index in [4.69, 9.17) is 19.2 Å². The highest BCUT2D eigenvalue weighted by atomic mass is 16.6. The molecule has 1 aliphatic carbocycles. The lowest BCUT2D eigenvalue weighted by atomic mass is 9.63. The number of ether oxygens (including phenoxy) is 3. The molecule has 1 aliphatic heterocycles. The molecule has 0 saturated heterocycles. The summed E-state index contributed by atoms with van der Waals surface area (Å²) in [5, 5.41) is 0. The monoisotopic (exact) mass is 373 g/mol. The van der Waals surface area contributed by atoms with E-state index in [1.807, 2.05) is 37.3 Å². The minimum Gasteiger partial charge on any atom is -0.481 e. The number of rotatable bonds is 4. The zero-order chi connectivity index (χ0) is 19.9. The zero-order valence-corrected chi connectivity index (χ0v) is 17.3. The lowest BCUT2D eigenvalue weighted by molar-refractivity contribution is -0.177. The summed E-state index contributed by atoms with van der Waals surface area (Å²) in [6.45, 7) is 8.85. The third kappa shape index (κ3) is 2.87. The first-order valence-corrected chi connectivity index (χ1v) is 9.55. The Labute approximate surface area is 162 Å². The van der Waals surface area contributed by atoms with Crippen molar-refractivity contribution in [3.05, 3.63) is 35.9 Å². The Balaban J connectivity index is 2.03. The third-order valence-corrected chi connectivity index (χ3v) is 7.00. The van der Waals surface area contributed by atoms with Crippen LogP contribution >= 0.6 is 0 Å². The van der Waals surface area contributed by atoms with Crippen molar-refractivity contribution < 1.29 is 19.0 Å². The van der Waals surface area contributed by atoms with Crippen LogP contribution in [0.15, 0.2) is 35.3 Å². The average Bonchev–Trinajstić information content (AvgIpc) is 2.81. The summed E-state index contributed by atoms with van der Waals surface area (Å²) in [5.41, 5.74) is -1.33. The summed E-state index contributed by atoms with van der Waals surface area (Å²) in [4.78, 5) is 18.0. The molecule has 148 valence electrons. The molecule has 0 radical (unpaired) electrons. The van der Waals surface area contributed by atoms with Crippen LogP contribution in [0.1, 0.15) is 46.1 Å². The molecule has 0 bridgehead atoms. The molecule has 0 unspecified atom stereocenters. The summed E-state index contributed by atoms with van der Waals surface area (Å²) in [5.74, 6) is 0.229. The van der Waals surface area contributed by atoms with Crippen LogP contribution in [-0.2, 0) is 25.4 Å². The van der Waals surface area contributed by atoms with Crippen LogP contribution in [0.5, 0.6) is 0 Å². The van der Waals surface area contributed by atoms with Crippen molar-refractivity contribution in [3.8, 4) is 0 Å². The van der Waals surface area contributed by atoms with Gasteiger partial charge in [0.1, 0.15) is 0 Å². The summed E-state index contributed by atoms with van der Waals surface area (Å²) in [6.07, 6.45) is 2.03. The van der Waals surface area contributed by atoms with Gasteiger partial charge in [-0.1, -0.05) is 51.1 Å². The fraction of sp³-hybridized carbons (Fsp3) is 0.636. The van der Waals surface area contributed by atoms with Gasteiger partial charge in [-0.15, -0.1) is 0 Å². The molecule has 1 aromatic rings. The van der Waals surface area contributed by atoms with Gasteiger partial charge < -0.3 is 14.2 Å². The van der Waals surface area contributed by atoms with E-state index in [-0.39, 0.29) is 16.8 Å². The van der Waals surface area contributed by atoms with Crippen LogP contribution in [0.25, 0.3) is 0 Å². The van der Waals surface area contributed by atoms with Crippen LogP contribution < -0.4 is 0 Å². The quantitative estimate of drug-likeness (QED) is 0.753. The maximum atomic E-state index is 13.2. The molecular weight excluding hydrogens is 342 g/mol. The molecule has 0 amide bonds. The summed E-state index contributed by atoms with van der Waals surface area (Å²) >= 11 is 0.